The van der Waals surface area contributed by atoms with Gasteiger partial charge in [0.15, 0.2) is 0 Å². The minimum Gasteiger partial charge on any atom is -0.494 e. The van der Waals surface area contributed by atoms with Crippen LogP contribution in [0.1, 0.15) is 29.7 Å². The number of fused-ring (bicyclic) bond motifs is 1. The third kappa shape index (κ3) is 3.47. The summed E-state index contributed by atoms with van der Waals surface area (Å²) in [6.45, 7) is 4.37. The van der Waals surface area contributed by atoms with E-state index in [9.17, 15) is 5.26 Å². The molecule has 0 aliphatic carbocycles. The zero-order valence-electron chi connectivity index (χ0n) is 18.5. The molecule has 170 valence electrons. The number of rotatable bonds is 5. The highest BCUT2D eigenvalue weighted by Gasteiger charge is 2.39. The minimum absolute atomic E-state index is 0.00679. The van der Waals surface area contributed by atoms with Crippen LogP contribution in [0.3, 0.4) is 0 Å². The number of nitriles is 1. The third-order valence-corrected chi connectivity index (χ3v) is 6.09. The van der Waals surface area contributed by atoms with Crippen LogP contribution in [0.2, 0.25) is 5.15 Å². The van der Waals surface area contributed by atoms with Gasteiger partial charge in [-0.3, -0.25) is 5.10 Å². The fourth-order valence-electron chi connectivity index (χ4n) is 4.22. The molecule has 1 atom stereocenters. The number of aromatic nitrogens is 4. The molecule has 1 unspecified atom stereocenters. The number of nitrogens with two attached hydrogens (primary N) is 1. The average Bonchev–Trinajstić information content (AvgIpc) is 3.39. The number of nitrogens with zero attached hydrogens (tertiary/aromatic N) is 4. The van der Waals surface area contributed by atoms with E-state index in [1.807, 2.05) is 68.4 Å². The zero-order chi connectivity index (χ0) is 23.8. The summed E-state index contributed by atoms with van der Waals surface area (Å²) in [6, 6.07) is 19.4. The second kappa shape index (κ2) is 8.61. The smallest absolute Gasteiger partial charge is 0.244 e. The van der Waals surface area contributed by atoms with Gasteiger partial charge in [-0.1, -0.05) is 29.8 Å². The van der Waals surface area contributed by atoms with E-state index in [2.05, 4.69) is 21.4 Å². The Kier molecular flexibility index (Phi) is 5.48. The lowest BCUT2D eigenvalue weighted by molar-refractivity contribution is 0.340. The van der Waals surface area contributed by atoms with Gasteiger partial charge in [-0.05, 0) is 50.2 Å². The van der Waals surface area contributed by atoms with Gasteiger partial charge in [-0.25, -0.2) is 4.68 Å². The Bertz CT molecular complexity index is 1430. The molecule has 9 heteroatoms. The molecule has 1 aliphatic rings. The van der Waals surface area contributed by atoms with E-state index < -0.39 is 5.92 Å². The van der Waals surface area contributed by atoms with Crippen molar-refractivity contribution in [2.24, 2.45) is 5.73 Å². The molecule has 5 rings (SSSR count). The molecule has 8 nitrogen and oxygen atoms in total. The Labute approximate surface area is 201 Å². The quantitative estimate of drug-likeness (QED) is 0.429. The van der Waals surface area contributed by atoms with Crippen LogP contribution in [0.5, 0.6) is 11.6 Å². The van der Waals surface area contributed by atoms with Crippen LogP contribution >= 0.6 is 11.6 Å². The van der Waals surface area contributed by atoms with E-state index in [-0.39, 0.29) is 11.5 Å². The van der Waals surface area contributed by atoms with Gasteiger partial charge >= 0.3 is 0 Å². The second-order valence-corrected chi connectivity index (χ2v) is 8.09. The molecular weight excluding hydrogens is 452 g/mol. The van der Waals surface area contributed by atoms with Gasteiger partial charge < -0.3 is 15.2 Å². The molecule has 0 fully saturated rings. The summed E-state index contributed by atoms with van der Waals surface area (Å²) in [5.41, 5.74) is 10.8. The van der Waals surface area contributed by atoms with E-state index in [0.29, 0.717) is 40.2 Å². The summed E-state index contributed by atoms with van der Waals surface area (Å²) in [4.78, 5) is 0. The predicted molar refractivity (Wildman–Crippen MR) is 128 cm³/mol. The Morgan fingerprint density at radius 1 is 1.18 bits per heavy atom. The number of allylic oxidation sites excluding steroid dienone is 1. The molecule has 0 saturated carbocycles. The van der Waals surface area contributed by atoms with Crippen molar-refractivity contribution in [2.45, 2.75) is 19.8 Å². The van der Waals surface area contributed by atoms with Gasteiger partial charge in [-0.2, -0.15) is 10.4 Å². The molecule has 3 N–H and O–H groups in total. The molecule has 0 amide bonds. The van der Waals surface area contributed by atoms with Crippen molar-refractivity contribution >= 4 is 11.6 Å². The van der Waals surface area contributed by atoms with E-state index in [1.165, 1.54) is 0 Å². The number of ether oxygens (including phenoxy) is 2. The first-order valence-corrected chi connectivity index (χ1v) is 11.1. The number of H-pyrrole nitrogens is 1. The van der Waals surface area contributed by atoms with Crippen LogP contribution < -0.4 is 15.2 Å². The zero-order valence-corrected chi connectivity index (χ0v) is 19.3. The number of hydrogen-bond donors (Lipinski definition) is 2. The fraction of sp³-hybridized carbons (Fsp3) is 0.160. The van der Waals surface area contributed by atoms with E-state index in [0.717, 1.165) is 17.0 Å². The summed E-state index contributed by atoms with van der Waals surface area (Å²) in [5.74, 6) is 0.442. The number of aryl methyl sites for hydroxylation is 1. The van der Waals surface area contributed by atoms with Crippen molar-refractivity contribution in [3.05, 3.63) is 88.0 Å². The van der Waals surface area contributed by atoms with Crippen molar-refractivity contribution in [1.82, 2.24) is 20.0 Å². The van der Waals surface area contributed by atoms with Crippen LogP contribution in [-0.4, -0.2) is 26.6 Å². The maximum Gasteiger partial charge on any atom is 0.244 e. The normalized spacial score (nSPS) is 14.9. The maximum absolute atomic E-state index is 10.0. The summed E-state index contributed by atoms with van der Waals surface area (Å²) in [6.07, 6.45) is 0. The molecule has 2 aromatic carbocycles. The van der Waals surface area contributed by atoms with Crippen LogP contribution in [0.15, 0.2) is 66.1 Å². The summed E-state index contributed by atoms with van der Waals surface area (Å²) in [5, 5.41) is 22.5. The topological polar surface area (TPSA) is 115 Å². The van der Waals surface area contributed by atoms with Crippen LogP contribution in [0, 0.1) is 18.3 Å². The Hall–Kier alpha value is -4.22. The van der Waals surface area contributed by atoms with Crippen LogP contribution in [0.25, 0.3) is 16.9 Å². The van der Waals surface area contributed by atoms with E-state index in [4.69, 9.17) is 26.8 Å². The molecule has 2 aromatic heterocycles. The largest absolute Gasteiger partial charge is 0.494 e. The number of halogens is 1. The number of nitrogens with one attached hydrogen (secondary N) is 1. The summed E-state index contributed by atoms with van der Waals surface area (Å²) < 4.78 is 12.9. The van der Waals surface area contributed by atoms with Gasteiger partial charge in [-0.15, -0.1) is 5.10 Å². The number of para-hydroxylation sites is 1. The Balaban J connectivity index is 1.70. The molecule has 0 spiro atoms. The summed E-state index contributed by atoms with van der Waals surface area (Å²) >= 11 is 6.89. The highest BCUT2D eigenvalue weighted by molar-refractivity contribution is 6.30. The summed E-state index contributed by atoms with van der Waals surface area (Å²) in [7, 11) is 0. The van der Waals surface area contributed by atoms with Crippen molar-refractivity contribution in [2.75, 3.05) is 6.61 Å². The van der Waals surface area contributed by atoms with Crippen molar-refractivity contribution < 1.29 is 9.47 Å². The van der Waals surface area contributed by atoms with Crippen molar-refractivity contribution in [3.8, 4) is 34.6 Å². The molecule has 0 saturated heterocycles. The third-order valence-electron chi connectivity index (χ3n) is 5.73. The lowest BCUT2D eigenvalue weighted by Crippen LogP contribution is -2.21. The van der Waals surface area contributed by atoms with Crippen molar-refractivity contribution in [3.63, 3.8) is 0 Å². The average molecular weight is 473 g/mol. The van der Waals surface area contributed by atoms with E-state index >= 15 is 0 Å². The molecule has 1 aliphatic heterocycles. The van der Waals surface area contributed by atoms with Crippen LogP contribution in [0.4, 0.5) is 0 Å². The first-order valence-electron chi connectivity index (χ1n) is 10.7. The number of aromatic amines is 1. The Morgan fingerprint density at radius 3 is 2.59 bits per heavy atom. The maximum atomic E-state index is 10.0. The SMILES string of the molecule is CCOc1ccc(-c2[nH]nc3c2C(c2c(C)nn(-c4ccccc4)c2Cl)C(C#N)=C(N)O3)cc1. The number of hydrogen-bond acceptors (Lipinski definition) is 6. The monoisotopic (exact) mass is 472 g/mol. The van der Waals surface area contributed by atoms with E-state index in [1.54, 1.807) is 4.68 Å². The molecule has 0 bridgehead atoms. The van der Waals surface area contributed by atoms with Crippen LogP contribution in [-0.2, 0) is 0 Å². The molecule has 3 heterocycles. The first kappa shape index (κ1) is 21.6. The highest BCUT2D eigenvalue weighted by Crippen LogP contribution is 2.48. The molecular formula is C25H21ClN6O2. The predicted octanol–water partition coefficient (Wildman–Crippen LogP) is 4.84. The number of benzene rings is 2. The first-order chi connectivity index (χ1) is 16.5. The van der Waals surface area contributed by atoms with Gasteiger partial charge in [0.05, 0.1) is 35.2 Å². The van der Waals surface area contributed by atoms with Gasteiger partial charge in [0.1, 0.15) is 22.5 Å². The fourth-order valence-corrected chi connectivity index (χ4v) is 4.60. The lowest BCUT2D eigenvalue weighted by Gasteiger charge is -2.24. The Morgan fingerprint density at radius 2 is 1.91 bits per heavy atom. The lowest BCUT2D eigenvalue weighted by atomic mass is 9.83. The highest BCUT2D eigenvalue weighted by atomic mass is 35.5. The second-order valence-electron chi connectivity index (χ2n) is 7.74. The standard InChI is InChI=1S/C25H21ClN6O2/c1-3-33-17-11-9-15(10-12-17)22-21-20(18(13-27)24(28)34-25(21)30-29-22)19-14(2)31-32(23(19)26)16-7-5-4-6-8-16/h4-12,20H,3,28H2,1-2H3,(H,29,30). The molecule has 34 heavy (non-hydrogen) atoms. The van der Waals surface area contributed by atoms with Gasteiger partial charge in [0.25, 0.3) is 0 Å². The van der Waals surface area contributed by atoms with Gasteiger partial charge in [0, 0.05) is 11.1 Å². The molecule has 0 radical (unpaired) electrons. The molecule has 4 aromatic rings. The van der Waals surface area contributed by atoms with Gasteiger partial charge in [0.2, 0.25) is 11.8 Å². The van der Waals surface area contributed by atoms with Crippen molar-refractivity contribution in [1.29, 1.82) is 5.26 Å². The minimum atomic E-state index is -0.612.